The van der Waals surface area contributed by atoms with Crippen LogP contribution in [0, 0.1) is 0 Å². The predicted octanol–water partition coefficient (Wildman–Crippen LogP) is 2.55. The first-order valence-corrected chi connectivity index (χ1v) is 6.08. The van der Waals surface area contributed by atoms with E-state index in [0.717, 1.165) is 10.2 Å². The molecular formula is C13H13F2N3O2. The minimum Gasteiger partial charge on any atom is -0.476 e. The topological polar surface area (TPSA) is 68.0 Å². The number of hydrogen-bond acceptors (Lipinski definition) is 3. The number of carbonyl (C=O) groups is 1. The summed E-state index contributed by atoms with van der Waals surface area (Å²) in [6.45, 7) is 0.203. The average molecular weight is 281 g/mol. The Morgan fingerprint density at radius 1 is 1.30 bits per heavy atom. The van der Waals surface area contributed by atoms with Crippen molar-refractivity contribution in [1.29, 1.82) is 0 Å². The molecule has 106 valence electrons. The molecule has 0 aliphatic heterocycles. The molecule has 1 aromatic carbocycles. The Morgan fingerprint density at radius 2 is 2.00 bits per heavy atom. The van der Waals surface area contributed by atoms with Gasteiger partial charge >= 0.3 is 5.97 Å². The van der Waals surface area contributed by atoms with Crippen molar-refractivity contribution in [3.63, 3.8) is 0 Å². The highest BCUT2D eigenvalue weighted by molar-refractivity contribution is 5.86. The van der Waals surface area contributed by atoms with Gasteiger partial charge in [0.25, 0.3) is 6.43 Å². The summed E-state index contributed by atoms with van der Waals surface area (Å²) in [5, 5.41) is 15.6. The molecule has 1 heterocycles. The van der Waals surface area contributed by atoms with Crippen LogP contribution in [0.5, 0.6) is 0 Å². The Balaban J connectivity index is 2.04. The maximum atomic E-state index is 12.9. The highest BCUT2D eigenvalue weighted by Crippen LogP contribution is 2.21. The van der Waals surface area contributed by atoms with Crippen LogP contribution in [0.2, 0.25) is 0 Å². The Bertz CT molecular complexity index is 585. The van der Waals surface area contributed by atoms with Crippen LogP contribution in [0.3, 0.4) is 0 Å². The minimum atomic E-state index is -2.91. The van der Waals surface area contributed by atoms with Crippen LogP contribution in [0.1, 0.15) is 34.6 Å². The summed E-state index contributed by atoms with van der Waals surface area (Å²) in [6.07, 6.45) is -1.63. The van der Waals surface area contributed by atoms with Crippen molar-refractivity contribution in [1.82, 2.24) is 15.0 Å². The SMILES string of the molecule is O=C(O)c1nnn(CCCc2ccccc2)c1C(F)F. The highest BCUT2D eigenvalue weighted by atomic mass is 19.3. The second-order valence-electron chi connectivity index (χ2n) is 4.24. The summed E-state index contributed by atoms with van der Waals surface area (Å²) in [5.74, 6) is -1.49. The second kappa shape index (κ2) is 6.23. The third kappa shape index (κ3) is 3.17. The first-order chi connectivity index (χ1) is 9.59. The van der Waals surface area contributed by atoms with Crippen molar-refractivity contribution < 1.29 is 18.7 Å². The van der Waals surface area contributed by atoms with Crippen molar-refractivity contribution in [3.05, 3.63) is 47.3 Å². The van der Waals surface area contributed by atoms with Crippen molar-refractivity contribution in [2.75, 3.05) is 0 Å². The molecule has 0 bridgehead atoms. The molecule has 0 spiro atoms. The fourth-order valence-corrected chi connectivity index (χ4v) is 1.93. The van der Waals surface area contributed by atoms with Crippen LogP contribution in [-0.4, -0.2) is 26.1 Å². The predicted molar refractivity (Wildman–Crippen MR) is 66.7 cm³/mol. The minimum absolute atomic E-state index is 0.203. The molecule has 1 N–H and O–H groups in total. The summed E-state index contributed by atoms with van der Waals surface area (Å²) in [5.41, 5.74) is -0.227. The maximum Gasteiger partial charge on any atom is 0.358 e. The Kier molecular flexibility index (Phi) is 4.39. The molecule has 2 aromatic rings. The normalized spacial score (nSPS) is 10.9. The lowest BCUT2D eigenvalue weighted by molar-refractivity contribution is 0.0675. The van der Waals surface area contributed by atoms with E-state index in [4.69, 9.17) is 5.11 Å². The number of benzene rings is 1. The van der Waals surface area contributed by atoms with Gasteiger partial charge in [0.2, 0.25) is 0 Å². The first kappa shape index (κ1) is 14.1. The number of alkyl halides is 2. The number of aryl methyl sites for hydroxylation is 2. The fraction of sp³-hybridized carbons (Fsp3) is 0.308. The van der Waals surface area contributed by atoms with Crippen LogP contribution >= 0.6 is 0 Å². The lowest BCUT2D eigenvalue weighted by atomic mass is 10.1. The Labute approximate surface area is 113 Å². The van der Waals surface area contributed by atoms with Crippen molar-refractivity contribution in [2.24, 2.45) is 0 Å². The van der Waals surface area contributed by atoms with Gasteiger partial charge in [0.05, 0.1) is 0 Å². The molecule has 1 aromatic heterocycles. The summed E-state index contributed by atoms with van der Waals surface area (Å²) in [7, 11) is 0. The van der Waals surface area contributed by atoms with Gasteiger partial charge in [-0.15, -0.1) is 5.10 Å². The monoisotopic (exact) mass is 281 g/mol. The number of aromatic carboxylic acids is 1. The molecular weight excluding hydrogens is 268 g/mol. The first-order valence-electron chi connectivity index (χ1n) is 6.08. The zero-order valence-corrected chi connectivity index (χ0v) is 10.5. The fourth-order valence-electron chi connectivity index (χ4n) is 1.93. The molecule has 0 saturated carbocycles. The lowest BCUT2D eigenvalue weighted by Gasteiger charge is -2.06. The Hall–Kier alpha value is -2.31. The van der Waals surface area contributed by atoms with E-state index < -0.39 is 23.8 Å². The van der Waals surface area contributed by atoms with Gasteiger partial charge in [-0.25, -0.2) is 18.3 Å². The molecule has 0 saturated heterocycles. The molecule has 5 nitrogen and oxygen atoms in total. The summed E-state index contributed by atoms with van der Waals surface area (Å²) < 4.78 is 26.7. The number of rotatable bonds is 6. The molecule has 0 radical (unpaired) electrons. The summed E-state index contributed by atoms with van der Waals surface area (Å²) in [6, 6.07) is 9.58. The molecule has 2 rings (SSSR count). The van der Waals surface area contributed by atoms with Gasteiger partial charge in [-0.3, -0.25) is 0 Å². The summed E-state index contributed by atoms with van der Waals surface area (Å²) >= 11 is 0. The molecule has 0 amide bonds. The van der Waals surface area contributed by atoms with Crippen LogP contribution in [0.15, 0.2) is 30.3 Å². The van der Waals surface area contributed by atoms with E-state index >= 15 is 0 Å². The van der Waals surface area contributed by atoms with Gasteiger partial charge in [0, 0.05) is 6.54 Å². The largest absolute Gasteiger partial charge is 0.476 e. The van der Waals surface area contributed by atoms with E-state index in [1.807, 2.05) is 30.3 Å². The van der Waals surface area contributed by atoms with E-state index in [-0.39, 0.29) is 6.54 Å². The maximum absolute atomic E-state index is 12.9. The average Bonchev–Trinajstić information content (AvgIpc) is 2.84. The van der Waals surface area contributed by atoms with Crippen molar-refractivity contribution in [2.45, 2.75) is 25.8 Å². The quantitative estimate of drug-likeness (QED) is 0.883. The number of halogens is 2. The van der Waals surface area contributed by atoms with Crippen LogP contribution in [0.4, 0.5) is 8.78 Å². The number of aromatic nitrogens is 3. The smallest absolute Gasteiger partial charge is 0.358 e. The standard InChI is InChI=1S/C13H13F2N3O2/c14-12(15)11-10(13(19)20)16-17-18(11)8-4-7-9-5-2-1-3-6-9/h1-3,5-6,12H,4,7-8H2,(H,19,20). The summed E-state index contributed by atoms with van der Waals surface area (Å²) in [4.78, 5) is 10.8. The molecule has 7 heteroatoms. The third-order valence-corrected chi connectivity index (χ3v) is 2.86. The number of carboxylic acid groups (broad SMARTS) is 1. The van der Waals surface area contributed by atoms with Crippen LogP contribution in [-0.2, 0) is 13.0 Å². The zero-order valence-electron chi connectivity index (χ0n) is 10.5. The van der Waals surface area contributed by atoms with Gasteiger partial charge in [-0.1, -0.05) is 35.5 Å². The van der Waals surface area contributed by atoms with E-state index in [1.165, 1.54) is 0 Å². The number of hydrogen-bond donors (Lipinski definition) is 1. The third-order valence-electron chi connectivity index (χ3n) is 2.86. The van der Waals surface area contributed by atoms with Crippen LogP contribution in [0.25, 0.3) is 0 Å². The van der Waals surface area contributed by atoms with Gasteiger partial charge in [-0.05, 0) is 18.4 Å². The molecule has 0 atom stereocenters. The van der Waals surface area contributed by atoms with Crippen molar-refractivity contribution >= 4 is 5.97 Å². The van der Waals surface area contributed by atoms with Crippen molar-refractivity contribution in [3.8, 4) is 0 Å². The lowest BCUT2D eigenvalue weighted by Crippen LogP contribution is -2.09. The van der Waals surface area contributed by atoms with E-state index in [0.29, 0.717) is 12.8 Å². The molecule has 20 heavy (non-hydrogen) atoms. The van der Waals surface area contributed by atoms with E-state index in [9.17, 15) is 13.6 Å². The van der Waals surface area contributed by atoms with E-state index in [1.54, 1.807) is 0 Å². The van der Waals surface area contributed by atoms with Gasteiger partial charge < -0.3 is 5.11 Å². The Morgan fingerprint density at radius 3 is 2.60 bits per heavy atom. The van der Waals surface area contributed by atoms with E-state index in [2.05, 4.69) is 10.3 Å². The van der Waals surface area contributed by atoms with Gasteiger partial charge in [0.1, 0.15) is 5.69 Å². The molecule has 0 aliphatic carbocycles. The molecule has 0 aliphatic rings. The van der Waals surface area contributed by atoms with Crippen LogP contribution < -0.4 is 0 Å². The molecule has 0 fully saturated rings. The highest BCUT2D eigenvalue weighted by Gasteiger charge is 2.25. The second-order valence-corrected chi connectivity index (χ2v) is 4.24. The zero-order chi connectivity index (χ0) is 14.5. The van der Waals surface area contributed by atoms with Gasteiger partial charge in [-0.2, -0.15) is 0 Å². The number of nitrogens with zero attached hydrogens (tertiary/aromatic N) is 3. The number of carboxylic acids is 1. The molecule has 0 unspecified atom stereocenters. The van der Waals surface area contributed by atoms with Gasteiger partial charge in [0.15, 0.2) is 5.69 Å².